The number of ether oxygens (including phenoxy) is 1. The number of carbonyl (C=O) groups excluding carboxylic acids is 1. The molecule has 0 bridgehead atoms. The van der Waals surface area contributed by atoms with Gasteiger partial charge in [-0.25, -0.2) is 4.98 Å². The second-order valence-electron chi connectivity index (χ2n) is 5.38. The lowest BCUT2D eigenvalue weighted by atomic mass is 10.2. The zero-order chi connectivity index (χ0) is 15.4. The summed E-state index contributed by atoms with van der Waals surface area (Å²) in [7, 11) is 0. The minimum absolute atomic E-state index is 0.159. The summed E-state index contributed by atoms with van der Waals surface area (Å²) >= 11 is 0. The van der Waals surface area contributed by atoms with Gasteiger partial charge in [-0.2, -0.15) is 0 Å². The van der Waals surface area contributed by atoms with Gasteiger partial charge in [0.25, 0.3) is 0 Å². The molecule has 1 saturated heterocycles. The molecule has 22 heavy (non-hydrogen) atoms. The maximum Gasteiger partial charge on any atom is 0.226 e. The topological polar surface area (TPSA) is 55.6 Å². The van der Waals surface area contributed by atoms with E-state index in [9.17, 15) is 4.79 Å². The van der Waals surface area contributed by atoms with Gasteiger partial charge in [-0.15, -0.1) is 0 Å². The molecule has 3 rings (SSSR count). The molecule has 1 amide bonds. The highest BCUT2D eigenvalue weighted by atomic mass is 16.5. The fraction of sp³-hybridized carbons (Fsp3) is 0.412. The summed E-state index contributed by atoms with van der Waals surface area (Å²) in [4.78, 5) is 18.6. The Balaban J connectivity index is 1.63. The molecule has 0 saturated carbocycles. The summed E-state index contributed by atoms with van der Waals surface area (Å²) in [6, 6.07) is 9.80. The van der Waals surface area contributed by atoms with Crippen molar-refractivity contribution in [3.8, 4) is 11.5 Å². The molecule has 0 unspecified atom stereocenters. The average Bonchev–Trinajstić information content (AvgIpc) is 2.95. The molecule has 116 valence electrons. The smallest absolute Gasteiger partial charge is 0.226 e. The Labute approximate surface area is 129 Å². The van der Waals surface area contributed by atoms with E-state index in [0.29, 0.717) is 45.0 Å². The predicted molar refractivity (Wildman–Crippen MR) is 82.4 cm³/mol. The number of aromatic nitrogens is 1. The van der Waals surface area contributed by atoms with Gasteiger partial charge in [-0.05, 0) is 19.1 Å². The molecule has 5 heteroatoms. The number of morpholine rings is 1. The normalized spacial score (nSPS) is 15.0. The number of rotatable bonds is 4. The Kier molecular flexibility index (Phi) is 4.53. The van der Waals surface area contributed by atoms with Crippen LogP contribution in [-0.4, -0.2) is 42.1 Å². The molecular formula is C17H20N2O3. The Morgan fingerprint density at radius 3 is 2.68 bits per heavy atom. The van der Waals surface area contributed by atoms with E-state index in [1.165, 1.54) is 0 Å². The Morgan fingerprint density at radius 2 is 1.95 bits per heavy atom. The fourth-order valence-electron chi connectivity index (χ4n) is 2.56. The maximum atomic E-state index is 12.2. The lowest BCUT2D eigenvalue weighted by molar-refractivity contribution is -0.135. The van der Waals surface area contributed by atoms with Gasteiger partial charge in [-0.1, -0.05) is 18.2 Å². The minimum atomic E-state index is 0.159. The summed E-state index contributed by atoms with van der Waals surface area (Å²) < 4.78 is 11.0. The number of aryl methyl sites for hydroxylation is 2. The van der Waals surface area contributed by atoms with Gasteiger partial charge in [0.15, 0.2) is 0 Å². The summed E-state index contributed by atoms with van der Waals surface area (Å²) in [6.07, 6.45) is 1.07. The molecular weight excluding hydrogens is 280 g/mol. The molecule has 1 aliphatic rings. The monoisotopic (exact) mass is 300 g/mol. The van der Waals surface area contributed by atoms with Gasteiger partial charge in [-0.3, -0.25) is 4.79 Å². The van der Waals surface area contributed by atoms with Crippen molar-refractivity contribution in [3.05, 3.63) is 41.8 Å². The van der Waals surface area contributed by atoms with Crippen molar-refractivity contribution in [2.45, 2.75) is 19.8 Å². The van der Waals surface area contributed by atoms with Gasteiger partial charge in [0, 0.05) is 31.5 Å². The van der Waals surface area contributed by atoms with Crippen molar-refractivity contribution in [2.75, 3.05) is 26.3 Å². The Morgan fingerprint density at radius 1 is 1.23 bits per heavy atom. The molecule has 1 aromatic heterocycles. The van der Waals surface area contributed by atoms with Crippen LogP contribution in [0.5, 0.6) is 0 Å². The number of nitrogens with zero attached hydrogens (tertiary/aromatic N) is 2. The maximum absolute atomic E-state index is 12.2. The standard InChI is InChI=1S/C17H20N2O3/c1-13-15(7-8-16(20)19-9-11-21-12-10-19)18-17(22-13)14-5-3-2-4-6-14/h2-6H,7-12H2,1H3. The van der Waals surface area contributed by atoms with Crippen LogP contribution in [0.3, 0.4) is 0 Å². The SMILES string of the molecule is Cc1oc(-c2ccccc2)nc1CCC(=O)N1CCOCC1. The highest BCUT2D eigenvalue weighted by molar-refractivity contribution is 5.76. The van der Waals surface area contributed by atoms with E-state index in [1.54, 1.807) is 0 Å². The summed E-state index contributed by atoms with van der Waals surface area (Å²) in [5.74, 6) is 1.56. The van der Waals surface area contributed by atoms with Crippen LogP contribution >= 0.6 is 0 Å². The quantitative estimate of drug-likeness (QED) is 0.870. The summed E-state index contributed by atoms with van der Waals surface area (Å²) in [5, 5.41) is 0. The van der Waals surface area contributed by atoms with E-state index in [-0.39, 0.29) is 5.91 Å². The Hall–Kier alpha value is -2.14. The van der Waals surface area contributed by atoms with Crippen LogP contribution < -0.4 is 0 Å². The van der Waals surface area contributed by atoms with Gasteiger partial charge in [0.05, 0.1) is 18.9 Å². The van der Waals surface area contributed by atoms with Crippen LogP contribution in [0.25, 0.3) is 11.5 Å². The molecule has 0 atom stereocenters. The van der Waals surface area contributed by atoms with E-state index in [1.807, 2.05) is 42.2 Å². The molecule has 1 aliphatic heterocycles. The third-order valence-electron chi connectivity index (χ3n) is 3.85. The van der Waals surface area contributed by atoms with Crippen molar-refractivity contribution in [1.29, 1.82) is 0 Å². The molecule has 1 aromatic carbocycles. The van der Waals surface area contributed by atoms with Crippen LogP contribution in [0.15, 0.2) is 34.7 Å². The summed E-state index contributed by atoms with van der Waals surface area (Å²) in [6.45, 7) is 4.53. The third kappa shape index (κ3) is 3.36. The molecule has 0 radical (unpaired) electrons. The van der Waals surface area contributed by atoms with Crippen molar-refractivity contribution < 1.29 is 13.9 Å². The Bertz CT molecular complexity index is 631. The van der Waals surface area contributed by atoms with Crippen LogP contribution in [0.2, 0.25) is 0 Å². The number of oxazole rings is 1. The molecule has 2 heterocycles. The average molecular weight is 300 g/mol. The first kappa shape index (κ1) is 14.8. The third-order valence-corrected chi connectivity index (χ3v) is 3.85. The largest absolute Gasteiger partial charge is 0.441 e. The van der Waals surface area contributed by atoms with Crippen molar-refractivity contribution in [1.82, 2.24) is 9.88 Å². The van der Waals surface area contributed by atoms with E-state index in [2.05, 4.69) is 4.98 Å². The van der Waals surface area contributed by atoms with E-state index >= 15 is 0 Å². The molecule has 1 fully saturated rings. The number of hydrogen-bond donors (Lipinski definition) is 0. The highest BCUT2D eigenvalue weighted by Gasteiger charge is 2.18. The lowest BCUT2D eigenvalue weighted by Gasteiger charge is -2.26. The van der Waals surface area contributed by atoms with E-state index in [4.69, 9.17) is 9.15 Å². The van der Waals surface area contributed by atoms with Gasteiger partial charge in [0.1, 0.15) is 5.76 Å². The second kappa shape index (κ2) is 6.75. The lowest BCUT2D eigenvalue weighted by Crippen LogP contribution is -2.40. The highest BCUT2D eigenvalue weighted by Crippen LogP contribution is 2.22. The zero-order valence-electron chi connectivity index (χ0n) is 12.7. The van der Waals surface area contributed by atoms with Crippen LogP contribution in [0, 0.1) is 6.92 Å². The number of hydrogen-bond acceptors (Lipinski definition) is 4. The minimum Gasteiger partial charge on any atom is -0.441 e. The fourth-order valence-corrected chi connectivity index (χ4v) is 2.56. The first-order valence-electron chi connectivity index (χ1n) is 7.61. The second-order valence-corrected chi connectivity index (χ2v) is 5.38. The first-order valence-corrected chi connectivity index (χ1v) is 7.61. The summed E-state index contributed by atoms with van der Waals surface area (Å²) in [5.41, 5.74) is 1.82. The number of carbonyl (C=O) groups is 1. The molecule has 2 aromatic rings. The number of amides is 1. The van der Waals surface area contributed by atoms with Crippen LogP contribution in [0.4, 0.5) is 0 Å². The van der Waals surface area contributed by atoms with E-state index in [0.717, 1.165) is 17.0 Å². The van der Waals surface area contributed by atoms with Gasteiger partial charge in [0.2, 0.25) is 11.8 Å². The molecule has 0 N–H and O–H groups in total. The molecule has 5 nitrogen and oxygen atoms in total. The zero-order valence-corrected chi connectivity index (χ0v) is 12.7. The van der Waals surface area contributed by atoms with Crippen molar-refractivity contribution >= 4 is 5.91 Å². The first-order chi connectivity index (χ1) is 10.7. The van der Waals surface area contributed by atoms with Crippen LogP contribution in [0.1, 0.15) is 17.9 Å². The predicted octanol–water partition coefficient (Wildman–Crippen LogP) is 2.44. The van der Waals surface area contributed by atoms with Crippen LogP contribution in [-0.2, 0) is 16.0 Å². The van der Waals surface area contributed by atoms with Crippen molar-refractivity contribution in [3.63, 3.8) is 0 Å². The van der Waals surface area contributed by atoms with Gasteiger partial charge >= 0.3 is 0 Å². The van der Waals surface area contributed by atoms with Gasteiger partial charge < -0.3 is 14.1 Å². The van der Waals surface area contributed by atoms with E-state index < -0.39 is 0 Å². The number of benzene rings is 1. The molecule has 0 spiro atoms. The van der Waals surface area contributed by atoms with Crippen molar-refractivity contribution in [2.24, 2.45) is 0 Å². The molecule has 0 aliphatic carbocycles.